The summed E-state index contributed by atoms with van der Waals surface area (Å²) in [6.07, 6.45) is 4.99. The fourth-order valence-corrected chi connectivity index (χ4v) is 1.34. The number of fused-ring (bicyclic) bond motifs is 1. The molecule has 74 valence electrons. The molecule has 2 rings (SSSR count). The third kappa shape index (κ3) is 1.34. The first kappa shape index (κ1) is 9.04. The van der Waals surface area contributed by atoms with Gasteiger partial charge in [-0.3, -0.25) is 9.38 Å². The summed E-state index contributed by atoms with van der Waals surface area (Å²) in [6.45, 7) is 0.312. The first-order valence-corrected chi connectivity index (χ1v) is 4.32. The van der Waals surface area contributed by atoms with Crippen molar-refractivity contribution in [1.29, 1.82) is 0 Å². The van der Waals surface area contributed by atoms with Gasteiger partial charge in [0.25, 0.3) is 0 Å². The number of hydrogen-bond acceptors (Lipinski definition) is 5. The number of nitrogens with zero attached hydrogens (tertiary/aromatic N) is 4. The van der Waals surface area contributed by atoms with Crippen LogP contribution in [0.5, 0.6) is 0 Å². The largest absolute Gasteiger partial charge is 0.396 e. The van der Waals surface area contributed by atoms with Crippen LogP contribution < -0.4 is 5.73 Å². The van der Waals surface area contributed by atoms with Crippen molar-refractivity contribution in [3.63, 3.8) is 0 Å². The number of aliphatic hydroxyl groups excluding tert-OH is 1. The molecule has 0 fully saturated rings. The molecule has 0 saturated heterocycles. The van der Waals surface area contributed by atoms with Crippen LogP contribution in [0, 0.1) is 0 Å². The van der Waals surface area contributed by atoms with Gasteiger partial charge in [-0.05, 0) is 0 Å². The molecule has 0 saturated carbocycles. The standard InChI is InChI=1S/C8H11N5O/c9-3-6(4-14)7-8-12-11-5-13(8)2-1-10-7/h1-2,5-6,14H,3-4,9H2. The third-order valence-electron chi connectivity index (χ3n) is 2.13. The Balaban J connectivity index is 2.54. The smallest absolute Gasteiger partial charge is 0.182 e. The van der Waals surface area contributed by atoms with Crippen molar-refractivity contribution in [2.45, 2.75) is 5.92 Å². The Kier molecular flexibility index (Phi) is 2.38. The SMILES string of the molecule is NCC(CO)c1nccn2cnnc12. The fourth-order valence-electron chi connectivity index (χ4n) is 1.34. The highest BCUT2D eigenvalue weighted by Crippen LogP contribution is 2.14. The molecular formula is C8H11N5O. The molecule has 6 heteroatoms. The lowest BCUT2D eigenvalue weighted by atomic mass is 10.1. The summed E-state index contributed by atoms with van der Waals surface area (Å²) in [6, 6.07) is 0. The van der Waals surface area contributed by atoms with Gasteiger partial charge in [0.15, 0.2) is 5.65 Å². The number of nitrogens with two attached hydrogens (primary N) is 1. The zero-order valence-corrected chi connectivity index (χ0v) is 7.54. The van der Waals surface area contributed by atoms with E-state index in [1.54, 1.807) is 23.1 Å². The van der Waals surface area contributed by atoms with Gasteiger partial charge in [-0.1, -0.05) is 0 Å². The van der Waals surface area contributed by atoms with E-state index in [2.05, 4.69) is 15.2 Å². The van der Waals surface area contributed by atoms with E-state index < -0.39 is 0 Å². The van der Waals surface area contributed by atoms with E-state index in [1.807, 2.05) is 0 Å². The Morgan fingerprint density at radius 3 is 3.14 bits per heavy atom. The van der Waals surface area contributed by atoms with Crippen LogP contribution in [0.2, 0.25) is 0 Å². The summed E-state index contributed by atoms with van der Waals surface area (Å²) in [5.41, 5.74) is 6.86. The molecule has 6 nitrogen and oxygen atoms in total. The van der Waals surface area contributed by atoms with Gasteiger partial charge >= 0.3 is 0 Å². The van der Waals surface area contributed by atoms with E-state index in [-0.39, 0.29) is 12.5 Å². The minimum atomic E-state index is -0.178. The fraction of sp³-hybridized carbons (Fsp3) is 0.375. The number of aliphatic hydroxyl groups is 1. The average Bonchev–Trinajstić information content (AvgIpc) is 2.68. The molecule has 0 radical (unpaired) electrons. The van der Waals surface area contributed by atoms with Crippen LogP contribution in [0.15, 0.2) is 18.7 Å². The Labute approximate surface area is 80.4 Å². The summed E-state index contributed by atoms with van der Waals surface area (Å²) in [5, 5.41) is 16.8. The highest BCUT2D eigenvalue weighted by Gasteiger charge is 2.14. The Morgan fingerprint density at radius 2 is 2.43 bits per heavy atom. The highest BCUT2D eigenvalue weighted by atomic mass is 16.3. The molecule has 0 aromatic carbocycles. The van der Waals surface area contributed by atoms with Crippen molar-refractivity contribution < 1.29 is 5.11 Å². The van der Waals surface area contributed by atoms with Crippen molar-refractivity contribution >= 4 is 5.65 Å². The van der Waals surface area contributed by atoms with E-state index in [9.17, 15) is 0 Å². The molecule has 0 aliphatic carbocycles. The summed E-state index contributed by atoms with van der Waals surface area (Å²) in [4.78, 5) is 4.16. The van der Waals surface area contributed by atoms with E-state index in [4.69, 9.17) is 10.8 Å². The van der Waals surface area contributed by atoms with Crippen LogP contribution in [-0.4, -0.2) is 37.8 Å². The van der Waals surface area contributed by atoms with Crippen LogP contribution in [0.25, 0.3) is 5.65 Å². The van der Waals surface area contributed by atoms with Crippen molar-refractivity contribution in [1.82, 2.24) is 19.6 Å². The van der Waals surface area contributed by atoms with Gasteiger partial charge < -0.3 is 10.8 Å². The normalized spacial score (nSPS) is 13.3. The van der Waals surface area contributed by atoms with E-state index >= 15 is 0 Å². The monoisotopic (exact) mass is 193 g/mol. The molecule has 0 amide bonds. The number of aromatic nitrogens is 4. The van der Waals surface area contributed by atoms with Crippen LogP contribution in [0.3, 0.4) is 0 Å². The average molecular weight is 193 g/mol. The predicted octanol–water partition coefficient (Wildman–Crippen LogP) is -0.841. The molecule has 2 heterocycles. The van der Waals surface area contributed by atoms with Crippen molar-refractivity contribution in [2.75, 3.05) is 13.2 Å². The second-order valence-corrected chi connectivity index (χ2v) is 2.99. The molecule has 1 atom stereocenters. The first-order chi connectivity index (χ1) is 6.86. The van der Waals surface area contributed by atoms with Crippen molar-refractivity contribution in [3.05, 3.63) is 24.4 Å². The first-order valence-electron chi connectivity index (χ1n) is 4.32. The lowest BCUT2D eigenvalue weighted by Crippen LogP contribution is -2.18. The Bertz CT molecular complexity index is 422. The van der Waals surface area contributed by atoms with Gasteiger partial charge in [0, 0.05) is 24.9 Å². The maximum absolute atomic E-state index is 9.10. The van der Waals surface area contributed by atoms with Gasteiger partial charge in [0.2, 0.25) is 0 Å². The lowest BCUT2D eigenvalue weighted by molar-refractivity contribution is 0.266. The van der Waals surface area contributed by atoms with Gasteiger partial charge in [-0.15, -0.1) is 10.2 Å². The molecule has 0 bridgehead atoms. The van der Waals surface area contributed by atoms with Crippen LogP contribution in [0.4, 0.5) is 0 Å². The molecule has 0 spiro atoms. The number of rotatable bonds is 3. The molecule has 0 aliphatic rings. The van der Waals surface area contributed by atoms with Crippen molar-refractivity contribution in [3.8, 4) is 0 Å². The highest BCUT2D eigenvalue weighted by molar-refractivity contribution is 5.44. The van der Waals surface area contributed by atoms with Gasteiger partial charge in [0.05, 0.1) is 12.3 Å². The second-order valence-electron chi connectivity index (χ2n) is 2.99. The molecule has 14 heavy (non-hydrogen) atoms. The summed E-state index contributed by atoms with van der Waals surface area (Å²) in [5.74, 6) is -0.178. The maximum Gasteiger partial charge on any atom is 0.182 e. The molecule has 0 aliphatic heterocycles. The zero-order valence-electron chi connectivity index (χ0n) is 7.54. The van der Waals surface area contributed by atoms with E-state index in [0.717, 1.165) is 0 Å². The van der Waals surface area contributed by atoms with Gasteiger partial charge in [-0.25, -0.2) is 0 Å². The van der Waals surface area contributed by atoms with Gasteiger partial charge in [0.1, 0.15) is 6.33 Å². The third-order valence-corrected chi connectivity index (χ3v) is 2.13. The molecule has 3 N–H and O–H groups in total. The Morgan fingerprint density at radius 1 is 1.57 bits per heavy atom. The minimum absolute atomic E-state index is 0.0317. The molecule has 2 aromatic heterocycles. The van der Waals surface area contributed by atoms with Crippen LogP contribution in [0.1, 0.15) is 11.6 Å². The van der Waals surface area contributed by atoms with Gasteiger partial charge in [-0.2, -0.15) is 0 Å². The predicted molar refractivity (Wildman–Crippen MR) is 49.7 cm³/mol. The lowest BCUT2D eigenvalue weighted by Gasteiger charge is -2.10. The maximum atomic E-state index is 9.10. The van der Waals surface area contributed by atoms with Crippen molar-refractivity contribution in [2.24, 2.45) is 5.73 Å². The summed E-state index contributed by atoms with van der Waals surface area (Å²) in [7, 11) is 0. The Hall–Kier alpha value is -1.53. The molecule has 1 unspecified atom stereocenters. The zero-order chi connectivity index (χ0) is 9.97. The van der Waals surface area contributed by atoms with Crippen LogP contribution >= 0.6 is 0 Å². The minimum Gasteiger partial charge on any atom is -0.396 e. The summed E-state index contributed by atoms with van der Waals surface area (Å²) >= 11 is 0. The summed E-state index contributed by atoms with van der Waals surface area (Å²) < 4.78 is 1.75. The van der Waals surface area contributed by atoms with E-state index in [0.29, 0.717) is 17.9 Å². The second kappa shape index (κ2) is 3.69. The van der Waals surface area contributed by atoms with E-state index in [1.165, 1.54) is 0 Å². The number of hydrogen-bond donors (Lipinski definition) is 2. The quantitative estimate of drug-likeness (QED) is 0.663. The topological polar surface area (TPSA) is 89.3 Å². The van der Waals surface area contributed by atoms with Crippen LogP contribution in [-0.2, 0) is 0 Å². The molecule has 2 aromatic rings. The molecular weight excluding hydrogens is 182 g/mol.